The maximum absolute atomic E-state index is 12.0. The van der Waals surface area contributed by atoms with Crippen molar-refractivity contribution in [3.8, 4) is 0 Å². The van der Waals surface area contributed by atoms with Crippen LogP contribution in [-0.4, -0.2) is 14.2 Å². The quantitative estimate of drug-likeness (QED) is 0.645. The number of anilines is 1. The average molecular weight is 320 g/mol. The van der Waals surface area contributed by atoms with Gasteiger partial charge in [0.15, 0.2) is 9.84 Å². The highest BCUT2D eigenvalue weighted by Crippen LogP contribution is 2.24. The number of sulfone groups is 1. The predicted octanol–water partition coefficient (Wildman–Crippen LogP) is 3.39. The van der Waals surface area contributed by atoms with Crippen LogP contribution in [0.3, 0.4) is 0 Å². The van der Waals surface area contributed by atoms with Gasteiger partial charge in [-0.2, -0.15) is 0 Å². The Hall–Kier alpha value is -0.550. The van der Waals surface area contributed by atoms with Crippen molar-refractivity contribution in [3.05, 3.63) is 22.7 Å². The van der Waals surface area contributed by atoms with Crippen molar-refractivity contribution in [1.82, 2.24) is 0 Å². The number of hydrogen-bond acceptors (Lipinski definition) is 3. The fourth-order valence-electron chi connectivity index (χ4n) is 1.63. The third-order valence-electron chi connectivity index (χ3n) is 2.57. The lowest BCUT2D eigenvalue weighted by atomic mass is 10.2. The van der Waals surface area contributed by atoms with Gasteiger partial charge in [-0.15, -0.1) is 0 Å². The molecule has 0 bridgehead atoms. The third kappa shape index (κ3) is 4.32. The Bertz CT molecular complexity index is 471. The highest BCUT2D eigenvalue weighted by Gasteiger charge is 2.17. The van der Waals surface area contributed by atoms with Gasteiger partial charge in [0.05, 0.1) is 16.3 Å². The summed E-state index contributed by atoms with van der Waals surface area (Å²) >= 11 is 3.26. The molecule has 0 aliphatic rings. The summed E-state index contributed by atoms with van der Waals surface area (Å²) in [7, 11) is -3.23. The van der Waals surface area contributed by atoms with Gasteiger partial charge in [-0.3, -0.25) is 0 Å². The average Bonchev–Trinajstić information content (AvgIpc) is 2.24. The van der Waals surface area contributed by atoms with Crippen molar-refractivity contribution in [3.63, 3.8) is 0 Å². The van der Waals surface area contributed by atoms with E-state index in [0.717, 1.165) is 23.7 Å². The van der Waals surface area contributed by atoms with Gasteiger partial charge in [0.25, 0.3) is 0 Å². The molecule has 2 N–H and O–H groups in total. The Balaban J connectivity index is 2.76. The minimum Gasteiger partial charge on any atom is -0.398 e. The molecule has 1 aromatic carbocycles. The molecule has 0 aliphatic heterocycles. The molecular formula is C12H18BrNO2S. The molecule has 1 rings (SSSR count). The lowest BCUT2D eigenvalue weighted by Crippen LogP contribution is -2.09. The van der Waals surface area contributed by atoms with Gasteiger partial charge in [0.1, 0.15) is 0 Å². The lowest BCUT2D eigenvalue weighted by Gasteiger charge is -2.07. The molecule has 0 atom stereocenters. The van der Waals surface area contributed by atoms with Crippen LogP contribution in [0.4, 0.5) is 5.69 Å². The summed E-state index contributed by atoms with van der Waals surface area (Å²) in [5.41, 5.74) is 6.04. The molecule has 0 saturated heterocycles. The zero-order valence-corrected chi connectivity index (χ0v) is 12.4. The molecule has 3 nitrogen and oxygen atoms in total. The number of unbranched alkanes of at least 4 members (excludes halogenated alkanes) is 3. The molecule has 0 aliphatic carbocycles. The Morgan fingerprint density at radius 2 is 1.94 bits per heavy atom. The van der Waals surface area contributed by atoms with Gasteiger partial charge in [-0.25, -0.2) is 8.42 Å². The number of hydrogen-bond donors (Lipinski definition) is 1. The first-order valence-electron chi connectivity index (χ1n) is 5.75. The van der Waals surface area contributed by atoms with E-state index in [4.69, 9.17) is 5.73 Å². The molecule has 0 heterocycles. The van der Waals surface area contributed by atoms with E-state index in [0.29, 0.717) is 12.1 Å². The van der Waals surface area contributed by atoms with Crippen LogP contribution in [0.25, 0.3) is 0 Å². The third-order valence-corrected chi connectivity index (χ3v) is 4.93. The summed E-state index contributed by atoms with van der Waals surface area (Å²) in [5, 5.41) is 0. The minimum absolute atomic E-state index is 0.179. The van der Waals surface area contributed by atoms with Crippen molar-refractivity contribution in [1.29, 1.82) is 0 Å². The number of halogens is 1. The maximum Gasteiger partial charge on any atom is 0.180 e. The summed E-state index contributed by atoms with van der Waals surface area (Å²) in [6, 6.07) is 4.89. The highest BCUT2D eigenvalue weighted by atomic mass is 79.9. The topological polar surface area (TPSA) is 60.2 Å². The highest BCUT2D eigenvalue weighted by molar-refractivity contribution is 9.10. The zero-order valence-electron chi connectivity index (χ0n) is 9.95. The van der Waals surface area contributed by atoms with Crippen LogP contribution in [0, 0.1) is 0 Å². The number of rotatable bonds is 6. The summed E-state index contributed by atoms with van der Waals surface area (Å²) in [6.45, 7) is 2.10. The fourth-order valence-corrected chi connectivity index (χ4v) is 3.51. The first-order valence-corrected chi connectivity index (χ1v) is 8.19. The van der Waals surface area contributed by atoms with E-state index < -0.39 is 9.84 Å². The van der Waals surface area contributed by atoms with Crippen LogP contribution in [-0.2, 0) is 9.84 Å². The van der Waals surface area contributed by atoms with E-state index >= 15 is 0 Å². The molecule has 96 valence electrons. The second-order valence-electron chi connectivity index (χ2n) is 4.06. The summed E-state index contributed by atoms with van der Waals surface area (Å²) in [5.74, 6) is 0.179. The van der Waals surface area contributed by atoms with E-state index in [1.807, 2.05) is 0 Å². The van der Waals surface area contributed by atoms with Crippen LogP contribution in [0.5, 0.6) is 0 Å². The fraction of sp³-hybridized carbons (Fsp3) is 0.500. The molecule has 0 unspecified atom stereocenters. The first kappa shape index (κ1) is 14.5. The summed E-state index contributed by atoms with van der Waals surface area (Å²) in [6.07, 6.45) is 3.82. The van der Waals surface area contributed by atoms with Gasteiger partial charge >= 0.3 is 0 Å². The number of nitrogens with two attached hydrogens (primary N) is 1. The number of nitrogen functional groups attached to an aromatic ring is 1. The molecule has 0 saturated carbocycles. The van der Waals surface area contributed by atoms with E-state index in [-0.39, 0.29) is 10.6 Å². The van der Waals surface area contributed by atoms with Crippen molar-refractivity contribution in [2.75, 3.05) is 11.5 Å². The van der Waals surface area contributed by atoms with Gasteiger partial charge in [-0.05, 0) is 24.6 Å². The van der Waals surface area contributed by atoms with Crippen LogP contribution < -0.4 is 5.73 Å². The predicted molar refractivity (Wildman–Crippen MR) is 74.7 cm³/mol. The SMILES string of the molecule is CCCCCCS(=O)(=O)c1ccc(Br)cc1N. The molecule has 0 amide bonds. The van der Waals surface area contributed by atoms with Gasteiger partial charge in [0, 0.05) is 4.47 Å². The van der Waals surface area contributed by atoms with Gasteiger partial charge in [0.2, 0.25) is 0 Å². The summed E-state index contributed by atoms with van der Waals surface area (Å²) in [4.78, 5) is 0.247. The summed E-state index contributed by atoms with van der Waals surface area (Å²) < 4.78 is 24.9. The van der Waals surface area contributed by atoms with Crippen LogP contribution >= 0.6 is 15.9 Å². The Labute approximate surface area is 111 Å². The largest absolute Gasteiger partial charge is 0.398 e. The van der Waals surface area contributed by atoms with E-state index in [1.165, 1.54) is 0 Å². The van der Waals surface area contributed by atoms with Crippen molar-refractivity contribution in [2.24, 2.45) is 0 Å². The molecule has 0 fully saturated rings. The molecule has 5 heteroatoms. The van der Waals surface area contributed by atoms with Crippen molar-refractivity contribution in [2.45, 2.75) is 37.5 Å². The first-order chi connectivity index (χ1) is 7.97. The van der Waals surface area contributed by atoms with Crippen LogP contribution in [0.2, 0.25) is 0 Å². The Morgan fingerprint density at radius 3 is 2.53 bits per heavy atom. The van der Waals surface area contributed by atoms with E-state index in [1.54, 1.807) is 18.2 Å². The maximum atomic E-state index is 12.0. The second kappa shape index (κ2) is 6.40. The Morgan fingerprint density at radius 1 is 1.24 bits per heavy atom. The van der Waals surface area contributed by atoms with Gasteiger partial charge < -0.3 is 5.73 Å². The molecule has 0 aromatic heterocycles. The van der Waals surface area contributed by atoms with Crippen LogP contribution in [0.15, 0.2) is 27.6 Å². The molecule has 0 radical (unpaired) electrons. The van der Waals surface area contributed by atoms with E-state index in [2.05, 4.69) is 22.9 Å². The minimum atomic E-state index is -3.23. The smallest absolute Gasteiger partial charge is 0.180 e. The van der Waals surface area contributed by atoms with Crippen molar-refractivity contribution >= 4 is 31.5 Å². The molecule has 1 aromatic rings. The van der Waals surface area contributed by atoms with Gasteiger partial charge in [-0.1, -0.05) is 42.1 Å². The van der Waals surface area contributed by atoms with Crippen LogP contribution in [0.1, 0.15) is 32.6 Å². The molecule has 0 spiro atoms. The Kier molecular flexibility index (Phi) is 5.46. The number of benzene rings is 1. The molecule has 17 heavy (non-hydrogen) atoms. The zero-order chi connectivity index (χ0) is 12.9. The molecular weight excluding hydrogens is 302 g/mol. The van der Waals surface area contributed by atoms with Crippen molar-refractivity contribution < 1.29 is 8.42 Å². The normalized spacial score (nSPS) is 11.6. The second-order valence-corrected chi connectivity index (χ2v) is 7.05. The van der Waals surface area contributed by atoms with E-state index in [9.17, 15) is 8.42 Å². The standard InChI is InChI=1S/C12H18BrNO2S/c1-2-3-4-5-8-17(15,16)12-7-6-10(13)9-11(12)14/h6-7,9H,2-5,8,14H2,1H3. The lowest BCUT2D eigenvalue weighted by molar-refractivity contribution is 0.589. The monoisotopic (exact) mass is 319 g/mol.